The molecular weight excluding hydrogens is 339 g/mol. The van der Waals surface area contributed by atoms with Crippen LogP contribution in [0.4, 0.5) is 10.5 Å². The van der Waals surface area contributed by atoms with E-state index in [1.165, 1.54) is 0 Å². The standard InChI is InChI=1S/C11H12BrClN2O4/c12-7-5-6(1-2-8(7)13)14-11(19)15-9(3-4-16)10(17)18/h1-2,5,9,16H,3-4H2,(H,17,18)(H2,14,15,19). The Morgan fingerprint density at radius 1 is 1.42 bits per heavy atom. The van der Waals surface area contributed by atoms with E-state index in [0.29, 0.717) is 15.2 Å². The second-order valence-electron chi connectivity index (χ2n) is 3.63. The van der Waals surface area contributed by atoms with Crippen molar-refractivity contribution in [1.29, 1.82) is 0 Å². The second-order valence-corrected chi connectivity index (χ2v) is 4.89. The summed E-state index contributed by atoms with van der Waals surface area (Å²) in [7, 11) is 0. The van der Waals surface area contributed by atoms with E-state index in [-0.39, 0.29) is 13.0 Å². The topological polar surface area (TPSA) is 98.7 Å². The third-order valence-electron chi connectivity index (χ3n) is 2.20. The van der Waals surface area contributed by atoms with Gasteiger partial charge in [-0.25, -0.2) is 9.59 Å². The lowest BCUT2D eigenvalue weighted by Gasteiger charge is -2.14. The Morgan fingerprint density at radius 3 is 2.63 bits per heavy atom. The first-order chi connectivity index (χ1) is 8.93. The van der Waals surface area contributed by atoms with E-state index >= 15 is 0 Å². The van der Waals surface area contributed by atoms with Crippen LogP contribution in [0.1, 0.15) is 6.42 Å². The molecule has 0 spiro atoms. The lowest BCUT2D eigenvalue weighted by molar-refractivity contribution is -0.139. The third kappa shape index (κ3) is 5.06. The fourth-order valence-corrected chi connectivity index (χ4v) is 1.78. The minimum absolute atomic E-state index is 0.0624. The summed E-state index contributed by atoms with van der Waals surface area (Å²) in [6.45, 7) is -0.330. The molecule has 0 aliphatic rings. The molecule has 1 unspecified atom stereocenters. The van der Waals surface area contributed by atoms with Crippen LogP contribution in [0.15, 0.2) is 22.7 Å². The molecule has 0 bridgehead atoms. The molecule has 0 fully saturated rings. The zero-order valence-corrected chi connectivity index (χ0v) is 12.0. The highest BCUT2D eigenvalue weighted by Gasteiger charge is 2.19. The normalized spacial score (nSPS) is 11.7. The predicted octanol–water partition coefficient (Wildman–Crippen LogP) is 2.06. The minimum Gasteiger partial charge on any atom is -0.480 e. The molecule has 1 aromatic rings. The lowest BCUT2D eigenvalue weighted by Crippen LogP contribution is -2.43. The van der Waals surface area contributed by atoms with Crippen LogP contribution in [-0.2, 0) is 4.79 Å². The van der Waals surface area contributed by atoms with E-state index in [1.54, 1.807) is 18.2 Å². The van der Waals surface area contributed by atoms with Gasteiger partial charge in [-0.15, -0.1) is 0 Å². The van der Waals surface area contributed by atoms with Gasteiger partial charge in [0.25, 0.3) is 0 Å². The number of hydrogen-bond acceptors (Lipinski definition) is 3. The van der Waals surface area contributed by atoms with Gasteiger partial charge in [-0.1, -0.05) is 11.6 Å². The molecule has 4 N–H and O–H groups in total. The molecule has 0 aliphatic heterocycles. The highest BCUT2D eigenvalue weighted by molar-refractivity contribution is 9.10. The summed E-state index contributed by atoms with van der Waals surface area (Å²) in [6.07, 6.45) is -0.0624. The van der Waals surface area contributed by atoms with Gasteiger partial charge in [0.05, 0.1) is 5.02 Å². The van der Waals surface area contributed by atoms with Gasteiger partial charge in [-0.2, -0.15) is 0 Å². The predicted molar refractivity (Wildman–Crippen MR) is 74.4 cm³/mol. The third-order valence-corrected chi connectivity index (χ3v) is 3.41. The SMILES string of the molecule is O=C(Nc1ccc(Cl)c(Br)c1)NC(CCO)C(=O)O. The second kappa shape index (κ2) is 7.32. The van der Waals surface area contributed by atoms with Crippen molar-refractivity contribution in [2.24, 2.45) is 0 Å². The van der Waals surface area contributed by atoms with Crippen LogP contribution in [0.5, 0.6) is 0 Å². The number of benzene rings is 1. The number of aliphatic carboxylic acids is 1. The summed E-state index contributed by atoms with van der Waals surface area (Å²) >= 11 is 9.01. The maximum Gasteiger partial charge on any atom is 0.326 e. The van der Waals surface area contributed by atoms with E-state index in [0.717, 1.165) is 0 Å². The van der Waals surface area contributed by atoms with E-state index in [4.69, 9.17) is 21.8 Å². The van der Waals surface area contributed by atoms with Crippen molar-refractivity contribution < 1.29 is 19.8 Å². The fourth-order valence-electron chi connectivity index (χ4n) is 1.29. The first-order valence-corrected chi connectivity index (χ1v) is 6.47. The van der Waals surface area contributed by atoms with Crippen molar-refractivity contribution in [2.45, 2.75) is 12.5 Å². The number of carboxylic acids is 1. The number of aliphatic hydroxyl groups is 1. The number of aliphatic hydroxyl groups excluding tert-OH is 1. The maximum atomic E-state index is 11.6. The zero-order valence-electron chi connectivity index (χ0n) is 9.69. The molecular formula is C11H12BrClN2O4. The van der Waals surface area contributed by atoms with Crippen molar-refractivity contribution in [3.8, 4) is 0 Å². The first kappa shape index (κ1) is 15.7. The maximum absolute atomic E-state index is 11.6. The van der Waals surface area contributed by atoms with E-state index in [2.05, 4.69) is 26.6 Å². The Labute approximate surface area is 122 Å². The molecule has 0 radical (unpaired) electrons. The number of halogens is 2. The molecule has 8 heteroatoms. The quantitative estimate of drug-likeness (QED) is 0.652. The molecule has 6 nitrogen and oxygen atoms in total. The summed E-state index contributed by atoms with van der Waals surface area (Å²) in [6, 6.07) is 2.94. The summed E-state index contributed by atoms with van der Waals surface area (Å²) in [5, 5.41) is 22.7. The molecule has 0 aliphatic carbocycles. The highest BCUT2D eigenvalue weighted by Crippen LogP contribution is 2.25. The van der Waals surface area contributed by atoms with Crippen molar-refractivity contribution in [2.75, 3.05) is 11.9 Å². The van der Waals surface area contributed by atoms with Crippen LogP contribution in [0.2, 0.25) is 5.02 Å². The van der Waals surface area contributed by atoms with Crippen molar-refractivity contribution >= 4 is 45.2 Å². The van der Waals surface area contributed by atoms with Gasteiger partial charge < -0.3 is 20.8 Å². The number of carboxylic acid groups (broad SMARTS) is 1. The van der Waals surface area contributed by atoms with E-state index in [9.17, 15) is 9.59 Å². The van der Waals surface area contributed by atoms with Crippen LogP contribution in [0, 0.1) is 0 Å². The van der Waals surface area contributed by atoms with Crippen LogP contribution < -0.4 is 10.6 Å². The Bertz CT molecular complexity index is 484. The largest absolute Gasteiger partial charge is 0.480 e. The van der Waals surface area contributed by atoms with Gasteiger partial charge in [-0.3, -0.25) is 0 Å². The molecule has 1 aromatic carbocycles. The Morgan fingerprint density at radius 2 is 2.11 bits per heavy atom. The average molecular weight is 352 g/mol. The highest BCUT2D eigenvalue weighted by atomic mass is 79.9. The summed E-state index contributed by atoms with van der Waals surface area (Å²) < 4.78 is 0.608. The van der Waals surface area contributed by atoms with Crippen molar-refractivity contribution in [3.63, 3.8) is 0 Å². The molecule has 0 aromatic heterocycles. The molecule has 104 valence electrons. The molecule has 0 heterocycles. The molecule has 1 atom stereocenters. The smallest absolute Gasteiger partial charge is 0.326 e. The number of anilines is 1. The van der Waals surface area contributed by atoms with Gasteiger partial charge in [0.1, 0.15) is 6.04 Å². The molecule has 2 amide bonds. The Hall–Kier alpha value is -1.31. The number of amides is 2. The van der Waals surface area contributed by atoms with Gasteiger partial charge in [-0.05, 0) is 34.1 Å². The fraction of sp³-hybridized carbons (Fsp3) is 0.273. The Balaban J connectivity index is 2.63. The monoisotopic (exact) mass is 350 g/mol. The van der Waals surface area contributed by atoms with Crippen molar-refractivity contribution in [1.82, 2.24) is 5.32 Å². The molecule has 19 heavy (non-hydrogen) atoms. The van der Waals surface area contributed by atoms with Crippen LogP contribution in [-0.4, -0.2) is 34.9 Å². The minimum atomic E-state index is -1.21. The van der Waals surface area contributed by atoms with Gasteiger partial charge in [0, 0.05) is 23.2 Å². The average Bonchev–Trinajstić information content (AvgIpc) is 2.33. The molecule has 0 saturated carbocycles. The number of carbonyl (C=O) groups excluding carboxylic acids is 1. The number of hydrogen-bond donors (Lipinski definition) is 4. The van der Waals surface area contributed by atoms with Gasteiger partial charge in [0.2, 0.25) is 0 Å². The number of carbonyl (C=O) groups is 2. The first-order valence-electron chi connectivity index (χ1n) is 5.30. The van der Waals surface area contributed by atoms with Crippen LogP contribution in [0.3, 0.4) is 0 Å². The lowest BCUT2D eigenvalue weighted by atomic mass is 10.2. The van der Waals surface area contributed by atoms with E-state index < -0.39 is 18.0 Å². The summed E-state index contributed by atoms with van der Waals surface area (Å²) in [5.41, 5.74) is 0.460. The summed E-state index contributed by atoms with van der Waals surface area (Å²) in [5.74, 6) is -1.21. The number of nitrogens with one attached hydrogen (secondary N) is 2. The van der Waals surface area contributed by atoms with Gasteiger partial charge >= 0.3 is 12.0 Å². The summed E-state index contributed by atoms with van der Waals surface area (Å²) in [4.78, 5) is 22.4. The molecule has 0 saturated heterocycles. The van der Waals surface area contributed by atoms with Crippen LogP contribution >= 0.6 is 27.5 Å². The Kier molecular flexibility index (Phi) is 6.07. The van der Waals surface area contributed by atoms with E-state index in [1.807, 2.05) is 0 Å². The van der Waals surface area contributed by atoms with Crippen molar-refractivity contribution in [3.05, 3.63) is 27.7 Å². The van der Waals surface area contributed by atoms with Crippen LogP contribution in [0.25, 0.3) is 0 Å². The molecule has 1 rings (SSSR count). The number of urea groups is 1. The van der Waals surface area contributed by atoms with Gasteiger partial charge in [0.15, 0.2) is 0 Å². The zero-order chi connectivity index (χ0) is 14.4. The number of rotatable bonds is 5.